The van der Waals surface area contributed by atoms with Crippen LogP contribution in [-0.2, 0) is 11.3 Å². The molecule has 1 aromatic carbocycles. The van der Waals surface area contributed by atoms with Gasteiger partial charge in [0.15, 0.2) is 0 Å². The summed E-state index contributed by atoms with van der Waals surface area (Å²) in [5.41, 5.74) is 7.42. The van der Waals surface area contributed by atoms with Gasteiger partial charge in [0.25, 0.3) is 0 Å². The van der Waals surface area contributed by atoms with Crippen LogP contribution in [0.1, 0.15) is 32.3 Å². The second kappa shape index (κ2) is 6.28. The van der Waals surface area contributed by atoms with Gasteiger partial charge in [0, 0.05) is 18.2 Å². The van der Waals surface area contributed by atoms with E-state index in [4.69, 9.17) is 5.73 Å². The van der Waals surface area contributed by atoms with Crippen LogP contribution in [0.25, 0.3) is 0 Å². The molecule has 88 valence electrons. The first kappa shape index (κ1) is 12.7. The lowest BCUT2D eigenvalue weighted by Gasteiger charge is -2.12. The number of rotatable bonds is 5. The summed E-state index contributed by atoms with van der Waals surface area (Å²) in [4.78, 5) is 11.8. The minimum absolute atomic E-state index is 0.102. The van der Waals surface area contributed by atoms with E-state index in [0.29, 0.717) is 6.54 Å². The Labute approximate surface area is 97.0 Å². The lowest BCUT2D eigenvalue weighted by atomic mass is 10.0. The molecule has 0 aliphatic carbocycles. The third-order valence-corrected chi connectivity index (χ3v) is 2.81. The van der Waals surface area contributed by atoms with Crippen molar-refractivity contribution >= 4 is 11.6 Å². The Morgan fingerprint density at radius 1 is 1.25 bits per heavy atom. The van der Waals surface area contributed by atoms with Crippen molar-refractivity contribution in [3.63, 3.8) is 0 Å². The maximum absolute atomic E-state index is 11.8. The zero-order chi connectivity index (χ0) is 12.0. The molecule has 0 atom stereocenters. The Bertz CT molecular complexity index is 328. The topological polar surface area (TPSA) is 55.1 Å². The maximum Gasteiger partial charge on any atom is 0.227 e. The molecule has 0 heterocycles. The van der Waals surface area contributed by atoms with Crippen LogP contribution in [0.5, 0.6) is 0 Å². The Balaban J connectivity index is 2.62. The molecular weight excluding hydrogens is 200 g/mol. The fourth-order valence-corrected chi connectivity index (χ4v) is 1.63. The van der Waals surface area contributed by atoms with Crippen LogP contribution in [0.4, 0.5) is 5.69 Å². The smallest absolute Gasteiger partial charge is 0.227 e. The molecule has 0 saturated heterocycles. The molecule has 1 amide bonds. The highest BCUT2D eigenvalue weighted by Gasteiger charge is 2.13. The molecule has 0 bridgehead atoms. The van der Waals surface area contributed by atoms with Gasteiger partial charge >= 0.3 is 0 Å². The van der Waals surface area contributed by atoms with Crippen molar-refractivity contribution in [1.29, 1.82) is 0 Å². The predicted octanol–water partition coefficient (Wildman–Crippen LogP) is 2.52. The lowest BCUT2D eigenvalue weighted by molar-refractivity contribution is -0.120. The number of amides is 1. The summed E-state index contributed by atoms with van der Waals surface area (Å²) >= 11 is 0. The number of carbonyl (C=O) groups is 1. The van der Waals surface area contributed by atoms with Crippen LogP contribution in [0.15, 0.2) is 24.3 Å². The van der Waals surface area contributed by atoms with Crippen molar-refractivity contribution in [3.05, 3.63) is 29.8 Å². The number of nitrogens with two attached hydrogens (primary N) is 1. The average Bonchev–Trinajstić information content (AvgIpc) is 2.31. The van der Waals surface area contributed by atoms with Crippen LogP contribution in [-0.4, -0.2) is 5.91 Å². The summed E-state index contributed by atoms with van der Waals surface area (Å²) in [7, 11) is 0. The maximum atomic E-state index is 11.8. The Morgan fingerprint density at radius 3 is 2.25 bits per heavy atom. The van der Waals surface area contributed by atoms with E-state index in [1.807, 2.05) is 38.1 Å². The lowest BCUT2D eigenvalue weighted by Crippen LogP contribution is -2.21. The van der Waals surface area contributed by atoms with Gasteiger partial charge in [-0.15, -0.1) is 0 Å². The number of anilines is 1. The van der Waals surface area contributed by atoms with Crippen LogP contribution >= 0.6 is 0 Å². The van der Waals surface area contributed by atoms with Gasteiger partial charge in [-0.1, -0.05) is 26.0 Å². The highest BCUT2D eigenvalue weighted by atomic mass is 16.1. The van der Waals surface area contributed by atoms with Crippen LogP contribution < -0.4 is 11.1 Å². The number of carbonyl (C=O) groups excluding carboxylic acids is 1. The van der Waals surface area contributed by atoms with Gasteiger partial charge in [-0.2, -0.15) is 0 Å². The van der Waals surface area contributed by atoms with Gasteiger partial charge in [0.1, 0.15) is 0 Å². The fourth-order valence-electron chi connectivity index (χ4n) is 1.63. The van der Waals surface area contributed by atoms with E-state index in [1.54, 1.807) is 0 Å². The fraction of sp³-hybridized carbons (Fsp3) is 0.462. The summed E-state index contributed by atoms with van der Waals surface area (Å²) in [6, 6.07) is 7.65. The van der Waals surface area contributed by atoms with E-state index in [9.17, 15) is 4.79 Å². The monoisotopic (exact) mass is 220 g/mol. The van der Waals surface area contributed by atoms with Gasteiger partial charge < -0.3 is 11.1 Å². The van der Waals surface area contributed by atoms with Gasteiger partial charge in [-0.05, 0) is 30.5 Å². The molecule has 16 heavy (non-hydrogen) atoms. The van der Waals surface area contributed by atoms with Gasteiger partial charge in [0.05, 0.1) is 0 Å². The molecule has 3 N–H and O–H groups in total. The van der Waals surface area contributed by atoms with Crippen molar-refractivity contribution in [3.8, 4) is 0 Å². The molecule has 1 aromatic rings. The van der Waals surface area contributed by atoms with Gasteiger partial charge in [-0.25, -0.2) is 0 Å². The predicted molar refractivity (Wildman–Crippen MR) is 67.0 cm³/mol. The van der Waals surface area contributed by atoms with Crippen LogP contribution in [0, 0.1) is 5.92 Å². The van der Waals surface area contributed by atoms with Crippen molar-refractivity contribution in [2.45, 2.75) is 33.2 Å². The number of hydrogen-bond donors (Lipinski definition) is 2. The molecule has 0 radical (unpaired) electrons. The zero-order valence-electron chi connectivity index (χ0n) is 9.99. The van der Waals surface area contributed by atoms with Crippen molar-refractivity contribution in [1.82, 2.24) is 0 Å². The molecule has 0 aromatic heterocycles. The third kappa shape index (κ3) is 3.35. The van der Waals surface area contributed by atoms with Crippen molar-refractivity contribution in [2.24, 2.45) is 11.7 Å². The zero-order valence-corrected chi connectivity index (χ0v) is 9.99. The average molecular weight is 220 g/mol. The molecule has 3 heteroatoms. The second-order valence-corrected chi connectivity index (χ2v) is 3.90. The molecule has 0 aliphatic heterocycles. The second-order valence-electron chi connectivity index (χ2n) is 3.90. The standard InChI is InChI=1S/C13H20N2O/c1-3-11(4-2)13(16)15-12-7-5-10(9-14)6-8-12/h5-8,11H,3-4,9,14H2,1-2H3,(H,15,16). The van der Waals surface area contributed by atoms with E-state index in [1.165, 1.54) is 0 Å². The molecule has 3 nitrogen and oxygen atoms in total. The van der Waals surface area contributed by atoms with Crippen molar-refractivity contribution < 1.29 is 4.79 Å². The summed E-state index contributed by atoms with van der Waals surface area (Å²) in [6.45, 7) is 4.59. The molecule has 0 fully saturated rings. The first-order valence-electron chi connectivity index (χ1n) is 5.81. The number of hydrogen-bond acceptors (Lipinski definition) is 2. The van der Waals surface area contributed by atoms with E-state index in [0.717, 1.165) is 24.1 Å². The Kier molecular flexibility index (Phi) is 4.99. The Hall–Kier alpha value is -1.35. The molecule has 0 saturated carbocycles. The van der Waals surface area contributed by atoms with Gasteiger partial charge in [-0.3, -0.25) is 4.79 Å². The number of benzene rings is 1. The molecule has 0 unspecified atom stereocenters. The van der Waals surface area contributed by atoms with Crippen LogP contribution in [0.2, 0.25) is 0 Å². The highest BCUT2D eigenvalue weighted by molar-refractivity contribution is 5.92. The number of nitrogens with one attached hydrogen (secondary N) is 1. The molecule has 0 spiro atoms. The highest BCUT2D eigenvalue weighted by Crippen LogP contribution is 2.14. The van der Waals surface area contributed by atoms with E-state index >= 15 is 0 Å². The van der Waals surface area contributed by atoms with E-state index in [-0.39, 0.29) is 11.8 Å². The van der Waals surface area contributed by atoms with E-state index < -0.39 is 0 Å². The summed E-state index contributed by atoms with van der Waals surface area (Å²) < 4.78 is 0. The largest absolute Gasteiger partial charge is 0.326 e. The molecular formula is C13H20N2O. The minimum atomic E-state index is 0.102. The van der Waals surface area contributed by atoms with Crippen LogP contribution in [0.3, 0.4) is 0 Å². The first-order chi connectivity index (χ1) is 7.71. The third-order valence-electron chi connectivity index (χ3n) is 2.81. The SMILES string of the molecule is CCC(CC)C(=O)Nc1ccc(CN)cc1. The minimum Gasteiger partial charge on any atom is -0.326 e. The van der Waals surface area contributed by atoms with E-state index in [2.05, 4.69) is 5.32 Å². The quantitative estimate of drug-likeness (QED) is 0.801. The summed E-state index contributed by atoms with van der Waals surface area (Å²) in [5, 5.41) is 2.92. The molecule has 1 rings (SSSR count). The summed E-state index contributed by atoms with van der Waals surface area (Å²) in [5.74, 6) is 0.208. The Morgan fingerprint density at radius 2 is 1.81 bits per heavy atom. The molecule has 0 aliphatic rings. The van der Waals surface area contributed by atoms with Gasteiger partial charge in [0.2, 0.25) is 5.91 Å². The summed E-state index contributed by atoms with van der Waals surface area (Å²) in [6.07, 6.45) is 1.76. The normalized spacial score (nSPS) is 10.5. The first-order valence-corrected chi connectivity index (χ1v) is 5.81. The van der Waals surface area contributed by atoms with Crippen molar-refractivity contribution in [2.75, 3.05) is 5.32 Å².